The molecule has 1 heterocycles. The molecule has 21 heavy (non-hydrogen) atoms. The molecule has 0 spiro atoms. The van der Waals surface area contributed by atoms with Crippen molar-refractivity contribution >= 4 is 15.9 Å². The first-order valence-corrected chi connectivity index (χ1v) is 7.62. The number of hydrogen-bond donors (Lipinski definition) is 1. The van der Waals surface area contributed by atoms with Crippen LogP contribution in [0, 0.1) is 5.82 Å². The van der Waals surface area contributed by atoms with E-state index in [4.69, 9.17) is 4.74 Å². The van der Waals surface area contributed by atoms with Gasteiger partial charge in [-0.1, -0.05) is 13.0 Å². The predicted octanol–water partition coefficient (Wildman–Crippen LogP) is 3.42. The first kappa shape index (κ1) is 16.0. The van der Waals surface area contributed by atoms with Crippen LogP contribution in [0.3, 0.4) is 0 Å². The van der Waals surface area contributed by atoms with E-state index in [1.165, 1.54) is 13.2 Å². The van der Waals surface area contributed by atoms with E-state index in [0.29, 0.717) is 0 Å². The minimum atomic E-state index is -0.364. The second-order valence-corrected chi connectivity index (χ2v) is 5.64. The minimum absolute atomic E-state index is 0.132. The maximum Gasteiger partial charge on any atom is 0.165 e. The zero-order chi connectivity index (χ0) is 15.4. The molecule has 4 nitrogen and oxygen atoms in total. The minimum Gasteiger partial charge on any atom is -0.494 e. The van der Waals surface area contributed by atoms with Crippen molar-refractivity contribution in [2.45, 2.75) is 19.4 Å². The van der Waals surface area contributed by atoms with E-state index in [1.807, 2.05) is 13.1 Å². The van der Waals surface area contributed by atoms with Gasteiger partial charge in [0.1, 0.15) is 0 Å². The monoisotopic (exact) mass is 355 g/mol. The molecule has 0 bridgehead atoms. The van der Waals surface area contributed by atoms with Crippen LogP contribution in [0.25, 0.3) is 0 Å². The third-order valence-corrected chi connectivity index (χ3v) is 3.93. The SMILES string of the molecule is CCCNC(c1ccc(OC)c(F)c1)c1c(Br)cnn1C. The third-order valence-electron chi connectivity index (χ3n) is 3.32. The largest absolute Gasteiger partial charge is 0.494 e. The molecule has 1 atom stereocenters. The summed E-state index contributed by atoms with van der Waals surface area (Å²) in [6.07, 6.45) is 2.74. The Bertz CT molecular complexity index is 595. The maximum absolute atomic E-state index is 14.0. The second kappa shape index (κ2) is 7.04. The highest BCUT2D eigenvalue weighted by Crippen LogP contribution is 2.30. The fraction of sp³-hybridized carbons (Fsp3) is 0.400. The lowest BCUT2D eigenvalue weighted by Crippen LogP contribution is -2.25. The highest BCUT2D eigenvalue weighted by molar-refractivity contribution is 9.10. The number of aryl methyl sites for hydroxylation is 1. The van der Waals surface area contributed by atoms with E-state index >= 15 is 0 Å². The van der Waals surface area contributed by atoms with Crippen LogP contribution in [0.2, 0.25) is 0 Å². The second-order valence-electron chi connectivity index (χ2n) is 4.78. The van der Waals surface area contributed by atoms with Crippen molar-refractivity contribution < 1.29 is 9.13 Å². The van der Waals surface area contributed by atoms with Crippen LogP contribution < -0.4 is 10.1 Å². The number of aromatic nitrogens is 2. The Balaban J connectivity index is 2.43. The van der Waals surface area contributed by atoms with E-state index in [-0.39, 0.29) is 17.6 Å². The third kappa shape index (κ3) is 3.44. The molecular formula is C15H19BrFN3O. The Hall–Kier alpha value is -1.40. The van der Waals surface area contributed by atoms with E-state index in [2.05, 4.69) is 33.3 Å². The first-order chi connectivity index (χ1) is 10.1. The highest BCUT2D eigenvalue weighted by Gasteiger charge is 2.21. The summed E-state index contributed by atoms with van der Waals surface area (Å²) >= 11 is 3.51. The molecule has 0 aliphatic heterocycles. The van der Waals surface area contributed by atoms with Crippen molar-refractivity contribution in [1.29, 1.82) is 0 Å². The lowest BCUT2D eigenvalue weighted by Gasteiger charge is -2.20. The summed E-state index contributed by atoms with van der Waals surface area (Å²) in [5.41, 5.74) is 1.80. The first-order valence-electron chi connectivity index (χ1n) is 6.82. The molecule has 0 aliphatic rings. The molecule has 0 fully saturated rings. The Morgan fingerprint density at radius 3 is 2.76 bits per heavy atom. The lowest BCUT2D eigenvalue weighted by atomic mass is 10.0. The number of halogens is 2. The van der Waals surface area contributed by atoms with Gasteiger partial charge in [-0.3, -0.25) is 4.68 Å². The molecule has 1 unspecified atom stereocenters. The number of nitrogens with one attached hydrogen (secondary N) is 1. The van der Waals surface area contributed by atoms with Gasteiger partial charge in [0.25, 0.3) is 0 Å². The van der Waals surface area contributed by atoms with Crippen molar-refractivity contribution in [3.63, 3.8) is 0 Å². The molecule has 2 aromatic rings. The normalized spacial score (nSPS) is 12.4. The summed E-state index contributed by atoms with van der Waals surface area (Å²) < 4.78 is 21.7. The number of nitrogens with zero attached hydrogens (tertiary/aromatic N) is 2. The van der Waals surface area contributed by atoms with Gasteiger partial charge in [0, 0.05) is 7.05 Å². The Morgan fingerprint density at radius 1 is 1.48 bits per heavy atom. The van der Waals surface area contributed by atoms with Gasteiger partial charge in [-0.2, -0.15) is 5.10 Å². The van der Waals surface area contributed by atoms with Gasteiger partial charge in [-0.05, 0) is 46.6 Å². The molecule has 6 heteroatoms. The summed E-state index contributed by atoms with van der Waals surface area (Å²) in [7, 11) is 3.34. The quantitative estimate of drug-likeness (QED) is 0.862. The van der Waals surface area contributed by atoms with E-state index < -0.39 is 0 Å². The van der Waals surface area contributed by atoms with E-state index in [9.17, 15) is 4.39 Å². The van der Waals surface area contributed by atoms with Gasteiger partial charge in [0.05, 0.1) is 29.5 Å². The summed E-state index contributed by atoms with van der Waals surface area (Å²) in [5.74, 6) is -0.117. The Labute approximate surface area is 132 Å². The molecule has 0 amide bonds. The zero-order valence-corrected chi connectivity index (χ0v) is 13.9. The molecule has 0 saturated carbocycles. The Morgan fingerprint density at radius 2 is 2.24 bits per heavy atom. The Kier molecular flexibility index (Phi) is 5.36. The smallest absolute Gasteiger partial charge is 0.165 e. The van der Waals surface area contributed by atoms with Gasteiger partial charge in [-0.25, -0.2) is 4.39 Å². The van der Waals surface area contributed by atoms with Crippen molar-refractivity contribution in [1.82, 2.24) is 15.1 Å². The summed E-state index contributed by atoms with van der Waals surface area (Å²) in [5, 5.41) is 7.67. The van der Waals surface area contributed by atoms with Crippen LogP contribution in [0.4, 0.5) is 4.39 Å². The number of hydrogen-bond acceptors (Lipinski definition) is 3. The van der Waals surface area contributed by atoms with E-state index in [1.54, 1.807) is 16.9 Å². The van der Waals surface area contributed by atoms with Gasteiger partial charge in [0.15, 0.2) is 11.6 Å². The average Bonchev–Trinajstić information content (AvgIpc) is 2.80. The van der Waals surface area contributed by atoms with Gasteiger partial charge < -0.3 is 10.1 Å². The van der Waals surface area contributed by atoms with Crippen molar-refractivity contribution in [2.75, 3.05) is 13.7 Å². The summed E-state index contributed by atoms with van der Waals surface area (Å²) in [6, 6.07) is 4.89. The fourth-order valence-electron chi connectivity index (χ4n) is 2.27. The standard InChI is InChI=1S/C15H19BrFN3O/c1-4-7-18-14(15-11(16)9-19-20(15)2)10-5-6-13(21-3)12(17)8-10/h5-6,8-9,14,18H,4,7H2,1-3H3. The molecule has 0 saturated heterocycles. The average molecular weight is 356 g/mol. The molecule has 1 aromatic carbocycles. The molecule has 0 aliphatic carbocycles. The van der Waals surface area contributed by atoms with Gasteiger partial charge >= 0.3 is 0 Å². The van der Waals surface area contributed by atoms with Gasteiger partial charge in [-0.15, -0.1) is 0 Å². The van der Waals surface area contributed by atoms with Crippen LogP contribution in [0.5, 0.6) is 5.75 Å². The zero-order valence-electron chi connectivity index (χ0n) is 12.4. The maximum atomic E-state index is 14.0. The van der Waals surface area contributed by atoms with Crippen LogP contribution in [0.15, 0.2) is 28.9 Å². The molecule has 1 N–H and O–H groups in total. The topological polar surface area (TPSA) is 39.1 Å². The van der Waals surface area contributed by atoms with Crippen LogP contribution >= 0.6 is 15.9 Å². The lowest BCUT2D eigenvalue weighted by molar-refractivity contribution is 0.385. The van der Waals surface area contributed by atoms with Crippen molar-refractivity contribution in [3.8, 4) is 5.75 Å². The molecule has 0 radical (unpaired) electrons. The molecule has 114 valence electrons. The number of benzene rings is 1. The van der Waals surface area contributed by atoms with Crippen LogP contribution in [0.1, 0.15) is 30.6 Å². The fourth-order valence-corrected chi connectivity index (χ4v) is 2.85. The van der Waals surface area contributed by atoms with E-state index in [0.717, 1.165) is 28.7 Å². The molecular weight excluding hydrogens is 337 g/mol. The van der Waals surface area contributed by atoms with Crippen molar-refractivity contribution in [3.05, 3.63) is 45.9 Å². The van der Waals surface area contributed by atoms with Gasteiger partial charge in [0.2, 0.25) is 0 Å². The highest BCUT2D eigenvalue weighted by atomic mass is 79.9. The molecule has 1 aromatic heterocycles. The van der Waals surface area contributed by atoms with Crippen LogP contribution in [-0.4, -0.2) is 23.4 Å². The number of rotatable bonds is 6. The van der Waals surface area contributed by atoms with Crippen molar-refractivity contribution in [2.24, 2.45) is 7.05 Å². The van der Waals surface area contributed by atoms with Crippen LogP contribution in [-0.2, 0) is 7.05 Å². The number of methoxy groups -OCH3 is 1. The number of ether oxygens (including phenoxy) is 1. The predicted molar refractivity (Wildman–Crippen MR) is 84.0 cm³/mol. The summed E-state index contributed by atoms with van der Waals surface area (Å²) in [4.78, 5) is 0. The molecule has 2 rings (SSSR count). The summed E-state index contributed by atoms with van der Waals surface area (Å²) in [6.45, 7) is 2.92.